The highest BCUT2D eigenvalue weighted by molar-refractivity contribution is 5.22. The Morgan fingerprint density at radius 2 is 2.00 bits per heavy atom. The molecule has 1 saturated heterocycles. The van der Waals surface area contributed by atoms with Crippen molar-refractivity contribution in [3.63, 3.8) is 0 Å². The number of rotatable bonds is 3. The van der Waals surface area contributed by atoms with E-state index in [2.05, 4.69) is 4.90 Å². The van der Waals surface area contributed by atoms with Crippen LogP contribution < -0.4 is 5.73 Å². The van der Waals surface area contributed by atoms with Gasteiger partial charge in [0.2, 0.25) is 0 Å². The Hall–Kier alpha value is -1.04. The maximum Gasteiger partial charge on any atom is 0.130 e. The molecule has 5 heteroatoms. The van der Waals surface area contributed by atoms with Crippen molar-refractivity contribution in [2.45, 2.75) is 6.04 Å². The van der Waals surface area contributed by atoms with Crippen LogP contribution in [0.25, 0.3) is 0 Å². The largest absolute Gasteiger partial charge is 0.379 e. The molecule has 0 aliphatic carbocycles. The summed E-state index contributed by atoms with van der Waals surface area (Å²) < 4.78 is 31.5. The fourth-order valence-electron chi connectivity index (χ4n) is 1.96. The van der Waals surface area contributed by atoms with Gasteiger partial charge in [0.25, 0.3) is 0 Å². The molecule has 0 radical (unpaired) electrons. The van der Waals surface area contributed by atoms with Crippen LogP contribution in [-0.2, 0) is 4.74 Å². The smallest absolute Gasteiger partial charge is 0.130 e. The van der Waals surface area contributed by atoms with Crippen molar-refractivity contribution in [1.29, 1.82) is 0 Å². The van der Waals surface area contributed by atoms with E-state index in [0.29, 0.717) is 25.3 Å². The summed E-state index contributed by atoms with van der Waals surface area (Å²) in [7, 11) is 0. The fraction of sp³-hybridized carbons (Fsp3) is 0.500. The molecule has 2 N–H and O–H groups in total. The molecular weight excluding hydrogens is 226 g/mol. The van der Waals surface area contributed by atoms with E-state index in [1.165, 1.54) is 12.1 Å². The Balaban J connectivity index is 2.00. The average molecular weight is 242 g/mol. The number of nitrogens with zero attached hydrogens (tertiary/aromatic N) is 1. The first-order valence-electron chi connectivity index (χ1n) is 5.67. The second-order valence-electron chi connectivity index (χ2n) is 4.19. The minimum Gasteiger partial charge on any atom is -0.379 e. The van der Waals surface area contributed by atoms with Crippen LogP contribution in [0, 0.1) is 11.6 Å². The van der Waals surface area contributed by atoms with Crippen LogP contribution in [-0.4, -0.2) is 37.7 Å². The van der Waals surface area contributed by atoms with Gasteiger partial charge in [0.15, 0.2) is 0 Å². The van der Waals surface area contributed by atoms with Gasteiger partial charge in [-0.15, -0.1) is 0 Å². The fourth-order valence-corrected chi connectivity index (χ4v) is 1.96. The second kappa shape index (κ2) is 5.53. The van der Waals surface area contributed by atoms with Gasteiger partial charge in [0.1, 0.15) is 11.6 Å². The lowest BCUT2D eigenvalue weighted by Gasteiger charge is -2.29. The number of hydrogen-bond donors (Lipinski definition) is 1. The summed E-state index contributed by atoms with van der Waals surface area (Å²) >= 11 is 0. The molecule has 17 heavy (non-hydrogen) atoms. The van der Waals surface area contributed by atoms with E-state index in [1.54, 1.807) is 0 Å². The highest BCUT2D eigenvalue weighted by atomic mass is 19.1. The zero-order valence-corrected chi connectivity index (χ0v) is 9.53. The zero-order chi connectivity index (χ0) is 12.3. The first-order chi connectivity index (χ1) is 8.16. The summed E-state index contributed by atoms with van der Waals surface area (Å²) in [6, 6.07) is 3.08. The summed E-state index contributed by atoms with van der Waals surface area (Å²) in [5.41, 5.74) is 6.29. The Kier molecular flexibility index (Phi) is 4.04. The highest BCUT2D eigenvalue weighted by Gasteiger charge is 2.17. The van der Waals surface area contributed by atoms with Crippen LogP contribution in [0.3, 0.4) is 0 Å². The molecule has 0 amide bonds. The number of hydrogen-bond acceptors (Lipinski definition) is 3. The molecule has 0 bridgehead atoms. The number of nitrogens with two attached hydrogens (primary N) is 1. The maximum atomic E-state index is 13.5. The number of benzene rings is 1. The first kappa shape index (κ1) is 12.4. The molecule has 1 unspecified atom stereocenters. The van der Waals surface area contributed by atoms with Gasteiger partial charge in [-0.05, 0) is 6.07 Å². The van der Waals surface area contributed by atoms with Crippen molar-refractivity contribution in [2.75, 3.05) is 32.8 Å². The Morgan fingerprint density at radius 3 is 2.65 bits per heavy atom. The van der Waals surface area contributed by atoms with Crippen LogP contribution in [0.4, 0.5) is 8.78 Å². The zero-order valence-electron chi connectivity index (χ0n) is 9.53. The molecule has 1 fully saturated rings. The molecule has 2 rings (SSSR count). The van der Waals surface area contributed by atoms with Gasteiger partial charge < -0.3 is 10.5 Å². The third kappa shape index (κ3) is 3.21. The SMILES string of the molecule is NC(CN1CCOCC1)c1ccc(F)cc1F. The van der Waals surface area contributed by atoms with Crippen molar-refractivity contribution < 1.29 is 13.5 Å². The summed E-state index contributed by atoms with van der Waals surface area (Å²) in [6.07, 6.45) is 0. The standard InChI is InChI=1S/C12H16F2N2O/c13-9-1-2-10(11(14)7-9)12(15)8-16-3-5-17-6-4-16/h1-2,7,12H,3-6,8,15H2. The Morgan fingerprint density at radius 1 is 1.29 bits per heavy atom. The van der Waals surface area contributed by atoms with E-state index in [0.717, 1.165) is 19.2 Å². The van der Waals surface area contributed by atoms with E-state index in [9.17, 15) is 8.78 Å². The van der Waals surface area contributed by atoms with Crippen molar-refractivity contribution in [3.8, 4) is 0 Å². The lowest BCUT2D eigenvalue weighted by molar-refractivity contribution is 0.0351. The van der Waals surface area contributed by atoms with E-state index in [4.69, 9.17) is 10.5 Å². The third-order valence-corrected chi connectivity index (χ3v) is 2.92. The van der Waals surface area contributed by atoms with E-state index in [-0.39, 0.29) is 0 Å². The van der Waals surface area contributed by atoms with Gasteiger partial charge in [-0.2, -0.15) is 0 Å². The molecule has 0 saturated carbocycles. The molecule has 94 valence electrons. The predicted molar refractivity (Wildman–Crippen MR) is 60.5 cm³/mol. The third-order valence-electron chi connectivity index (χ3n) is 2.92. The van der Waals surface area contributed by atoms with Gasteiger partial charge in [-0.25, -0.2) is 8.78 Å². The van der Waals surface area contributed by atoms with Crippen molar-refractivity contribution in [2.24, 2.45) is 5.73 Å². The van der Waals surface area contributed by atoms with E-state index >= 15 is 0 Å². The van der Waals surface area contributed by atoms with Crippen LogP contribution >= 0.6 is 0 Å². The summed E-state index contributed by atoms with van der Waals surface area (Å²) in [4.78, 5) is 2.12. The molecule has 1 aliphatic rings. The second-order valence-corrected chi connectivity index (χ2v) is 4.19. The van der Waals surface area contributed by atoms with E-state index in [1.807, 2.05) is 0 Å². The minimum atomic E-state index is -0.579. The van der Waals surface area contributed by atoms with Crippen LogP contribution in [0.5, 0.6) is 0 Å². The summed E-state index contributed by atoms with van der Waals surface area (Å²) in [5.74, 6) is -1.16. The Bertz CT molecular complexity index is 381. The number of halogens is 2. The van der Waals surface area contributed by atoms with Gasteiger partial charge in [-0.3, -0.25) is 4.90 Å². The number of morpholine rings is 1. The summed E-state index contributed by atoms with van der Waals surface area (Å²) in [6.45, 7) is 3.52. The van der Waals surface area contributed by atoms with Gasteiger partial charge in [-0.1, -0.05) is 6.07 Å². The molecule has 1 aliphatic heterocycles. The topological polar surface area (TPSA) is 38.5 Å². The lowest BCUT2D eigenvalue weighted by Crippen LogP contribution is -2.40. The molecule has 3 nitrogen and oxygen atoms in total. The minimum absolute atomic E-state index is 0.359. The van der Waals surface area contributed by atoms with Gasteiger partial charge in [0, 0.05) is 37.3 Å². The maximum absolute atomic E-state index is 13.5. The molecule has 1 aromatic carbocycles. The number of ether oxygens (including phenoxy) is 1. The van der Waals surface area contributed by atoms with Crippen molar-refractivity contribution >= 4 is 0 Å². The average Bonchev–Trinajstić information content (AvgIpc) is 2.30. The summed E-state index contributed by atoms with van der Waals surface area (Å²) in [5, 5.41) is 0. The molecule has 0 spiro atoms. The van der Waals surface area contributed by atoms with Crippen LogP contribution in [0.2, 0.25) is 0 Å². The molecule has 1 heterocycles. The van der Waals surface area contributed by atoms with Crippen molar-refractivity contribution in [1.82, 2.24) is 4.90 Å². The quantitative estimate of drug-likeness (QED) is 0.868. The predicted octanol–water partition coefficient (Wildman–Crippen LogP) is 1.30. The monoisotopic (exact) mass is 242 g/mol. The molecular formula is C12H16F2N2O. The van der Waals surface area contributed by atoms with E-state index < -0.39 is 17.7 Å². The van der Waals surface area contributed by atoms with Crippen molar-refractivity contribution in [3.05, 3.63) is 35.4 Å². The van der Waals surface area contributed by atoms with Gasteiger partial charge >= 0.3 is 0 Å². The molecule has 1 atom stereocenters. The molecule has 1 aromatic rings. The lowest BCUT2D eigenvalue weighted by atomic mass is 10.1. The molecule has 0 aromatic heterocycles. The van der Waals surface area contributed by atoms with Crippen LogP contribution in [0.1, 0.15) is 11.6 Å². The van der Waals surface area contributed by atoms with Crippen LogP contribution in [0.15, 0.2) is 18.2 Å². The highest BCUT2D eigenvalue weighted by Crippen LogP contribution is 2.17. The normalized spacial score (nSPS) is 19.2. The van der Waals surface area contributed by atoms with Gasteiger partial charge in [0.05, 0.1) is 13.2 Å². The Labute approximate surface area is 99.2 Å². The first-order valence-corrected chi connectivity index (χ1v) is 5.67.